The summed E-state index contributed by atoms with van der Waals surface area (Å²) < 4.78 is 27.2. The van der Waals surface area contributed by atoms with Crippen LogP contribution in [0.2, 0.25) is 0 Å². The number of hydrogen-bond donors (Lipinski definition) is 0. The molecule has 1 amide bonds. The van der Waals surface area contributed by atoms with Crippen molar-refractivity contribution < 1.29 is 18.5 Å². The highest BCUT2D eigenvalue weighted by Gasteiger charge is 2.32. The van der Waals surface area contributed by atoms with Crippen molar-refractivity contribution in [2.24, 2.45) is 0 Å². The van der Waals surface area contributed by atoms with E-state index < -0.39 is 39.8 Å². The zero-order valence-corrected chi connectivity index (χ0v) is 10.2. The maximum absolute atomic E-state index is 13.7. The maximum atomic E-state index is 13.7. The molecule has 0 saturated carbocycles. The van der Waals surface area contributed by atoms with E-state index in [0.717, 1.165) is 4.90 Å². The minimum Gasteiger partial charge on any atom is -0.323 e. The number of halogens is 2. The summed E-state index contributed by atoms with van der Waals surface area (Å²) in [4.78, 5) is 22.6. The molecule has 0 radical (unpaired) electrons. The molecule has 104 valence electrons. The third-order valence-corrected chi connectivity index (χ3v) is 3.13. The molecule has 2 rings (SSSR count). The molecule has 1 atom stereocenters. The number of carbonyl (C=O) groups excluding carboxylic acids is 1. The number of nitro groups is 1. The van der Waals surface area contributed by atoms with Crippen LogP contribution in [0.15, 0.2) is 12.1 Å². The fourth-order valence-electron chi connectivity index (χ4n) is 2.14. The first-order valence-corrected chi connectivity index (χ1v) is 5.79. The minimum absolute atomic E-state index is 0.273. The van der Waals surface area contributed by atoms with Crippen LogP contribution in [0.1, 0.15) is 23.2 Å². The summed E-state index contributed by atoms with van der Waals surface area (Å²) in [6, 6.07) is 2.11. The van der Waals surface area contributed by atoms with E-state index in [1.165, 1.54) is 0 Å². The highest BCUT2D eigenvalue weighted by molar-refractivity contribution is 5.95. The number of rotatable bonds is 2. The molecule has 1 unspecified atom stereocenters. The summed E-state index contributed by atoms with van der Waals surface area (Å²) >= 11 is 0. The highest BCUT2D eigenvalue weighted by atomic mass is 19.1. The van der Waals surface area contributed by atoms with E-state index in [1.54, 1.807) is 0 Å². The number of amides is 1. The number of carbonyl (C=O) groups is 1. The Morgan fingerprint density at radius 2 is 2.15 bits per heavy atom. The van der Waals surface area contributed by atoms with Gasteiger partial charge in [-0.2, -0.15) is 9.65 Å². The van der Waals surface area contributed by atoms with Crippen LogP contribution >= 0.6 is 0 Å². The molecule has 0 bridgehead atoms. The van der Waals surface area contributed by atoms with E-state index in [2.05, 4.69) is 0 Å². The van der Waals surface area contributed by atoms with Crippen LogP contribution < -0.4 is 0 Å². The van der Waals surface area contributed by atoms with Crippen LogP contribution in [0.25, 0.3) is 0 Å². The second-order valence-corrected chi connectivity index (χ2v) is 4.33. The molecule has 0 aromatic heterocycles. The van der Waals surface area contributed by atoms with Crippen LogP contribution in [0.4, 0.5) is 14.5 Å². The van der Waals surface area contributed by atoms with Crippen LogP contribution in [-0.2, 0) is 0 Å². The van der Waals surface area contributed by atoms with Crippen molar-refractivity contribution in [2.45, 2.75) is 18.9 Å². The Bertz CT molecular complexity index is 627. The molecule has 1 aromatic carbocycles. The predicted octanol–water partition coefficient (Wildman–Crippen LogP) is 2.00. The Hall–Kier alpha value is -2.56. The van der Waals surface area contributed by atoms with E-state index in [-0.39, 0.29) is 6.54 Å². The quantitative estimate of drug-likeness (QED) is 0.612. The molecule has 1 aliphatic heterocycles. The monoisotopic (exact) mass is 281 g/mol. The largest absolute Gasteiger partial charge is 0.323 e. The van der Waals surface area contributed by atoms with Gasteiger partial charge in [0.1, 0.15) is 11.9 Å². The SMILES string of the molecule is N#CC1CCCN1C(=O)c1cc(F)c([N+](=O)[O-])cc1F. The van der Waals surface area contributed by atoms with Gasteiger partial charge in [-0.25, -0.2) is 4.39 Å². The highest BCUT2D eigenvalue weighted by Crippen LogP contribution is 2.25. The number of hydrogen-bond acceptors (Lipinski definition) is 4. The standard InChI is InChI=1S/C12H9F2N3O3/c13-9-5-11(17(19)20)10(14)4-8(9)12(18)16-3-1-2-7(16)6-15/h4-5,7H,1-3H2. The molecule has 1 fully saturated rings. The first-order valence-electron chi connectivity index (χ1n) is 5.79. The molecule has 20 heavy (non-hydrogen) atoms. The van der Waals surface area contributed by atoms with Crippen molar-refractivity contribution in [3.8, 4) is 6.07 Å². The van der Waals surface area contributed by atoms with E-state index in [4.69, 9.17) is 5.26 Å². The van der Waals surface area contributed by atoms with Crippen molar-refractivity contribution in [1.82, 2.24) is 4.90 Å². The Balaban J connectivity index is 2.39. The third-order valence-electron chi connectivity index (χ3n) is 3.13. The van der Waals surface area contributed by atoms with E-state index >= 15 is 0 Å². The number of nitriles is 1. The fourth-order valence-corrected chi connectivity index (χ4v) is 2.14. The van der Waals surface area contributed by atoms with Gasteiger partial charge in [-0.1, -0.05) is 0 Å². The van der Waals surface area contributed by atoms with E-state index in [1.807, 2.05) is 6.07 Å². The topological polar surface area (TPSA) is 87.2 Å². The first-order chi connectivity index (χ1) is 9.45. The lowest BCUT2D eigenvalue weighted by Crippen LogP contribution is -2.35. The van der Waals surface area contributed by atoms with Crippen molar-refractivity contribution in [3.05, 3.63) is 39.4 Å². The first kappa shape index (κ1) is 13.9. The summed E-state index contributed by atoms with van der Waals surface area (Å²) in [7, 11) is 0. The average Bonchev–Trinajstić information content (AvgIpc) is 2.88. The van der Waals surface area contributed by atoms with Crippen LogP contribution in [0.3, 0.4) is 0 Å². The van der Waals surface area contributed by atoms with Gasteiger partial charge in [0.25, 0.3) is 5.91 Å². The van der Waals surface area contributed by atoms with Crippen molar-refractivity contribution in [3.63, 3.8) is 0 Å². The van der Waals surface area contributed by atoms with Gasteiger partial charge < -0.3 is 4.90 Å². The normalized spacial score (nSPS) is 17.9. The lowest BCUT2D eigenvalue weighted by atomic mass is 10.1. The Kier molecular flexibility index (Phi) is 3.61. The van der Waals surface area contributed by atoms with Gasteiger partial charge in [0.2, 0.25) is 5.82 Å². The van der Waals surface area contributed by atoms with Gasteiger partial charge >= 0.3 is 5.69 Å². The molecule has 0 spiro atoms. The molecule has 1 aliphatic rings. The molecule has 8 heteroatoms. The van der Waals surface area contributed by atoms with Gasteiger partial charge in [-0.05, 0) is 18.9 Å². The van der Waals surface area contributed by atoms with Crippen LogP contribution in [0.5, 0.6) is 0 Å². The lowest BCUT2D eigenvalue weighted by molar-refractivity contribution is -0.387. The molecule has 1 saturated heterocycles. The second kappa shape index (κ2) is 5.21. The maximum Gasteiger partial charge on any atom is 0.307 e. The zero-order chi connectivity index (χ0) is 14.9. The summed E-state index contributed by atoms with van der Waals surface area (Å²) in [5.74, 6) is -3.29. The number of likely N-dealkylation sites (tertiary alicyclic amines) is 1. The fraction of sp³-hybridized carbons (Fsp3) is 0.333. The predicted molar refractivity (Wildman–Crippen MR) is 62.7 cm³/mol. The zero-order valence-electron chi connectivity index (χ0n) is 10.2. The van der Waals surface area contributed by atoms with Gasteiger partial charge in [-0.3, -0.25) is 14.9 Å². The average molecular weight is 281 g/mol. The molecule has 0 aliphatic carbocycles. The second-order valence-electron chi connectivity index (χ2n) is 4.33. The van der Waals surface area contributed by atoms with Crippen molar-refractivity contribution >= 4 is 11.6 Å². The molecular weight excluding hydrogens is 272 g/mol. The Morgan fingerprint density at radius 3 is 2.75 bits per heavy atom. The minimum atomic E-state index is -1.28. The van der Waals surface area contributed by atoms with Gasteiger partial charge in [0.15, 0.2) is 0 Å². The Morgan fingerprint density at radius 1 is 1.45 bits per heavy atom. The van der Waals surface area contributed by atoms with Crippen molar-refractivity contribution in [1.29, 1.82) is 5.26 Å². The smallest absolute Gasteiger partial charge is 0.307 e. The summed E-state index contributed by atoms with van der Waals surface area (Å²) in [6.45, 7) is 0.273. The number of nitrogens with zero attached hydrogens (tertiary/aromatic N) is 3. The number of nitro benzene ring substituents is 1. The molecular formula is C12H9F2N3O3. The molecule has 6 nitrogen and oxygen atoms in total. The van der Waals surface area contributed by atoms with E-state index in [9.17, 15) is 23.7 Å². The third kappa shape index (κ3) is 2.30. The van der Waals surface area contributed by atoms with Gasteiger partial charge in [0.05, 0.1) is 22.6 Å². The van der Waals surface area contributed by atoms with Crippen LogP contribution in [-0.4, -0.2) is 28.3 Å². The lowest BCUT2D eigenvalue weighted by Gasteiger charge is -2.19. The van der Waals surface area contributed by atoms with Crippen LogP contribution in [0, 0.1) is 33.1 Å². The van der Waals surface area contributed by atoms with Gasteiger partial charge in [-0.15, -0.1) is 0 Å². The van der Waals surface area contributed by atoms with Gasteiger partial charge in [0, 0.05) is 6.54 Å². The summed E-state index contributed by atoms with van der Waals surface area (Å²) in [6.07, 6.45) is 1.07. The molecule has 0 N–H and O–H groups in total. The molecule has 1 aromatic rings. The summed E-state index contributed by atoms with van der Waals surface area (Å²) in [5, 5.41) is 19.3. The molecule has 1 heterocycles. The number of benzene rings is 1. The Labute approximate surface area is 112 Å². The summed E-state index contributed by atoms with van der Waals surface area (Å²) in [5.41, 5.74) is -1.63. The van der Waals surface area contributed by atoms with E-state index in [0.29, 0.717) is 25.0 Å². The van der Waals surface area contributed by atoms with Crippen molar-refractivity contribution in [2.75, 3.05) is 6.54 Å².